The Morgan fingerprint density at radius 3 is 3.00 bits per heavy atom. The number of nitrogens with one attached hydrogen (secondary N) is 1. The van der Waals surface area contributed by atoms with Crippen LogP contribution in [0.3, 0.4) is 0 Å². The van der Waals surface area contributed by atoms with Crippen LogP contribution >= 0.6 is 23.8 Å². The van der Waals surface area contributed by atoms with Crippen molar-refractivity contribution in [1.82, 2.24) is 9.55 Å². The number of fused-ring (bicyclic) bond motifs is 1. The molecule has 0 atom stereocenters. The summed E-state index contributed by atoms with van der Waals surface area (Å²) in [5.74, 6) is 0. The lowest BCUT2D eigenvalue weighted by atomic mass is 10.3. The molecule has 1 aromatic heterocycles. The van der Waals surface area contributed by atoms with E-state index in [1.807, 2.05) is 18.2 Å². The molecule has 0 aliphatic heterocycles. The van der Waals surface area contributed by atoms with E-state index in [2.05, 4.69) is 16.5 Å². The van der Waals surface area contributed by atoms with Crippen LogP contribution in [0.5, 0.6) is 0 Å². The molecule has 0 bridgehead atoms. The number of H-pyrrole nitrogens is 1. The lowest BCUT2D eigenvalue weighted by Crippen LogP contribution is -2.03. The van der Waals surface area contributed by atoms with Gasteiger partial charge in [0.05, 0.1) is 11.0 Å². The van der Waals surface area contributed by atoms with Crippen molar-refractivity contribution < 1.29 is 4.74 Å². The van der Waals surface area contributed by atoms with Crippen molar-refractivity contribution in [3.63, 3.8) is 0 Å². The second-order valence-electron chi connectivity index (χ2n) is 4.21. The van der Waals surface area contributed by atoms with Gasteiger partial charge in [-0.25, -0.2) is 0 Å². The minimum atomic E-state index is 0.729. The highest BCUT2D eigenvalue weighted by Gasteiger charge is 2.04. The van der Waals surface area contributed by atoms with E-state index < -0.39 is 0 Å². The third-order valence-electron chi connectivity index (χ3n) is 2.76. The molecule has 1 aromatic carbocycles. The molecule has 1 heterocycles. The predicted molar refractivity (Wildman–Crippen MR) is 77.9 cm³/mol. The van der Waals surface area contributed by atoms with Gasteiger partial charge in [0.25, 0.3) is 0 Å². The van der Waals surface area contributed by atoms with Crippen molar-refractivity contribution in [1.29, 1.82) is 0 Å². The van der Waals surface area contributed by atoms with Gasteiger partial charge in [-0.3, -0.25) is 0 Å². The zero-order valence-electron chi connectivity index (χ0n) is 10.4. The third kappa shape index (κ3) is 3.13. The number of hydrogen-bond donors (Lipinski definition) is 1. The monoisotopic (exact) mass is 284 g/mol. The van der Waals surface area contributed by atoms with Crippen LogP contribution in [0.2, 0.25) is 5.02 Å². The molecule has 0 spiro atoms. The Bertz CT molecular complexity index is 576. The summed E-state index contributed by atoms with van der Waals surface area (Å²) < 4.78 is 8.29. The van der Waals surface area contributed by atoms with E-state index in [4.69, 9.17) is 28.6 Å². The fraction of sp³-hybridized carbons (Fsp3) is 0.462. The van der Waals surface area contributed by atoms with Crippen LogP contribution in [0, 0.1) is 4.77 Å². The average molecular weight is 285 g/mol. The molecule has 0 fully saturated rings. The van der Waals surface area contributed by atoms with Crippen LogP contribution in [-0.4, -0.2) is 22.8 Å². The Hall–Kier alpha value is -0.840. The average Bonchev–Trinajstić information content (AvgIpc) is 2.65. The van der Waals surface area contributed by atoms with Crippen molar-refractivity contribution in [3.05, 3.63) is 28.0 Å². The van der Waals surface area contributed by atoms with Crippen molar-refractivity contribution in [3.8, 4) is 0 Å². The topological polar surface area (TPSA) is 29.9 Å². The molecule has 5 heteroatoms. The Kier molecular flexibility index (Phi) is 4.80. The largest absolute Gasteiger partial charge is 0.381 e. The van der Waals surface area contributed by atoms with Crippen LogP contribution in [0.4, 0.5) is 0 Å². The quantitative estimate of drug-likeness (QED) is 0.637. The van der Waals surface area contributed by atoms with E-state index in [0.717, 1.165) is 53.4 Å². The molecule has 3 nitrogen and oxygen atoms in total. The summed E-state index contributed by atoms with van der Waals surface area (Å²) in [4.78, 5) is 3.18. The predicted octanol–water partition coefficient (Wildman–Crippen LogP) is 4.17. The first kappa shape index (κ1) is 13.6. The van der Waals surface area contributed by atoms with Crippen LogP contribution in [0.25, 0.3) is 11.0 Å². The lowest BCUT2D eigenvalue weighted by molar-refractivity contribution is 0.129. The molecule has 18 heavy (non-hydrogen) atoms. The molecule has 0 saturated carbocycles. The van der Waals surface area contributed by atoms with Gasteiger partial charge >= 0.3 is 0 Å². The molecule has 0 unspecified atom stereocenters. The van der Waals surface area contributed by atoms with Gasteiger partial charge in [-0.1, -0.05) is 18.5 Å². The minimum absolute atomic E-state index is 0.729. The number of hydrogen-bond acceptors (Lipinski definition) is 2. The van der Waals surface area contributed by atoms with Crippen molar-refractivity contribution in [2.45, 2.75) is 26.3 Å². The van der Waals surface area contributed by atoms with Crippen molar-refractivity contribution >= 4 is 34.9 Å². The number of rotatable bonds is 6. The van der Waals surface area contributed by atoms with Gasteiger partial charge in [0.15, 0.2) is 4.77 Å². The van der Waals surface area contributed by atoms with Gasteiger partial charge in [-0.05, 0) is 43.3 Å². The molecule has 2 rings (SSSR count). The second kappa shape index (κ2) is 6.36. The third-order valence-corrected chi connectivity index (χ3v) is 3.31. The molecule has 0 amide bonds. The highest BCUT2D eigenvalue weighted by molar-refractivity contribution is 7.71. The molecule has 98 valence electrons. The minimum Gasteiger partial charge on any atom is -0.381 e. The summed E-state index contributed by atoms with van der Waals surface area (Å²) in [5.41, 5.74) is 2.09. The summed E-state index contributed by atoms with van der Waals surface area (Å²) in [6, 6.07) is 5.76. The molecule has 0 saturated heterocycles. The second-order valence-corrected chi connectivity index (χ2v) is 5.03. The number of aromatic nitrogens is 2. The van der Waals surface area contributed by atoms with Crippen LogP contribution in [0.15, 0.2) is 18.2 Å². The van der Waals surface area contributed by atoms with Gasteiger partial charge < -0.3 is 14.3 Å². The van der Waals surface area contributed by atoms with Crippen LogP contribution in [0.1, 0.15) is 19.8 Å². The molecule has 2 aromatic rings. The number of ether oxygens (including phenoxy) is 1. The summed E-state index contributed by atoms with van der Waals surface area (Å²) in [5, 5.41) is 0.729. The van der Waals surface area contributed by atoms with Gasteiger partial charge in [-0.2, -0.15) is 0 Å². The SMILES string of the molecule is CCCOCCCn1c(=S)[nH]c2ccc(Cl)cc21. The van der Waals surface area contributed by atoms with Gasteiger partial charge in [0, 0.05) is 24.8 Å². The van der Waals surface area contributed by atoms with Gasteiger partial charge in [0.2, 0.25) is 0 Å². The first-order valence-corrected chi connectivity index (χ1v) is 6.97. The standard InChI is InChI=1S/C13H17ClN2OS/c1-2-7-17-8-3-6-16-12-9-10(14)4-5-11(12)15-13(16)18/h4-5,9H,2-3,6-8H2,1H3,(H,15,18). The molecule has 1 N–H and O–H groups in total. The Morgan fingerprint density at radius 2 is 2.22 bits per heavy atom. The van der Waals surface area contributed by atoms with Crippen LogP contribution in [-0.2, 0) is 11.3 Å². The van der Waals surface area contributed by atoms with E-state index in [1.54, 1.807) is 0 Å². The van der Waals surface area contributed by atoms with Gasteiger partial charge in [-0.15, -0.1) is 0 Å². The highest BCUT2D eigenvalue weighted by atomic mass is 35.5. The maximum absolute atomic E-state index is 6.02. The maximum atomic E-state index is 6.02. The fourth-order valence-electron chi connectivity index (χ4n) is 1.92. The Balaban J connectivity index is 2.10. The van der Waals surface area contributed by atoms with E-state index in [-0.39, 0.29) is 0 Å². The summed E-state index contributed by atoms with van der Waals surface area (Å²) in [6.07, 6.45) is 2.01. The number of halogens is 1. The lowest BCUT2D eigenvalue weighted by Gasteiger charge is -2.05. The number of imidazole rings is 1. The number of aromatic amines is 1. The van der Waals surface area contributed by atoms with E-state index in [9.17, 15) is 0 Å². The molecule has 0 aliphatic rings. The Labute approximate surface area is 117 Å². The Morgan fingerprint density at radius 1 is 1.39 bits per heavy atom. The van der Waals surface area contributed by atoms with E-state index in [0.29, 0.717) is 0 Å². The smallest absolute Gasteiger partial charge is 0.178 e. The zero-order valence-corrected chi connectivity index (χ0v) is 12.0. The van der Waals surface area contributed by atoms with E-state index >= 15 is 0 Å². The molecular weight excluding hydrogens is 268 g/mol. The molecule has 0 aliphatic carbocycles. The van der Waals surface area contributed by atoms with Crippen molar-refractivity contribution in [2.24, 2.45) is 0 Å². The number of nitrogens with zero attached hydrogens (tertiary/aromatic N) is 1. The van der Waals surface area contributed by atoms with Crippen LogP contribution < -0.4 is 0 Å². The summed E-state index contributed by atoms with van der Waals surface area (Å²) >= 11 is 11.3. The van der Waals surface area contributed by atoms with Crippen molar-refractivity contribution in [2.75, 3.05) is 13.2 Å². The number of benzene rings is 1. The van der Waals surface area contributed by atoms with Gasteiger partial charge in [0.1, 0.15) is 0 Å². The van der Waals surface area contributed by atoms with E-state index in [1.165, 1.54) is 0 Å². The summed E-state index contributed by atoms with van der Waals surface area (Å²) in [6.45, 7) is 4.55. The fourth-order valence-corrected chi connectivity index (χ4v) is 2.38. The zero-order chi connectivity index (χ0) is 13.0. The highest BCUT2D eigenvalue weighted by Crippen LogP contribution is 2.19. The number of aryl methyl sites for hydroxylation is 1. The normalized spacial score (nSPS) is 11.2. The molecule has 0 radical (unpaired) electrons. The first-order chi connectivity index (χ1) is 8.72. The maximum Gasteiger partial charge on any atom is 0.178 e. The molecular formula is C13H17ClN2OS. The summed E-state index contributed by atoms with van der Waals surface area (Å²) in [7, 11) is 0. The first-order valence-electron chi connectivity index (χ1n) is 6.18.